The molecule has 5 nitrogen and oxygen atoms in total. The summed E-state index contributed by atoms with van der Waals surface area (Å²) < 4.78 is 27.3. The maximum Gasteiger partial charge on any atom is 0.306 e. The second-order valence-electron chi connectivity index (χ2n) is 3.94. The Bertz CT molecular complexity index is 298. The van der Waals surface area contributed by atoms with Gasteiger partial charge in [-0.15, -0.1) is 0 Å². The molecule has 0 fully saturated rings. The third-order valence-corrected chi connectivity index (χ3v) is 3.77. The molecule has 0 spiro atoms. The van der Waals surface area contributed by atoms with E-state index < -0.39 is 15.8 Å². The van der Waals surface area contributed by atoms with Crippen LogP contribution in [0.3, 0.4) is 0 Å². The standard InChI is InChI=1S/C10H21NO4S/c1-9(2)11-6-4-7-16(13,14)8-5-10(12)15-3/h9,11H,4-8H2,1-3H3. The fraction of sp³-hybridized carbons (Fsp3) is 0.900. The summed E-state index contributed by atoms with van der Waals surface area (Å²) in [5.74, 6) is -0.491. The van der Waals surface area contributed by atoms with E-state index in [1.54, 1.807) is 0 Å². The SMILES string of the molecule is COC(=O)CCS(=O)(=O)CCCNC(C)C. The first-order valence-electron chi connectivity index (χ1n) is 5.38. The zero-order valence-electron chi connectivity index (χ0n) is 10.2. The highest BCUT2D eigenvalue weighted by Gasteiger charge is 2.13. The number of methoxy groups -OCH3 is 1. The normalized spacial score (nSPS) is 11.8. The number of carbonyl (C=O) groups is 1. The largest absolute Gasteiger partial charge is 0.469 e. The Morgan fingerprint density at radius 3 is 2.44 bits per heavy atom. The second kappa shape index (κ2) is 7.62. The molecule has 0 aromatic carbocycles. The van der Waals surface area contributed by atoms with E-state index >= 15 is 0 Å². The molecule has 0 radical (unpaired) electrons. The number of carbonyl (C=O) groups excluding carboxylic acids is 1. The van der Waals surface area contributed by atoms with E-state index in [2.05, 4.69) is 10.1 Å². The number of hydrogen-bond acceptors (Lipinski definition) is 5. The van der Waals surface area contributed by atoms with E-state index in [0.717, 1.165) is 0 Å². The number of esters is 1. The highest BCUT2D eigenvalue weighted by atomic mass is 32.2. The van der Waals surface area contributed by atoms with Crippen LogP contribution in [0.1, 0.15) is 26.7 Å². The van der Waals surface area contributed by atoms with Crippen LogP contribution in [0.5, 0.6) is 0 Å². The fourth-order valence-electron chi connectivity index (χ4n) is 1.13. The van der Waals surface area contributed by atoms with Gasteiger partial charge in [-0.1, -0.05) is 13.8 Å². The first-order chi connectivity index (χ1) is 7.37. The van der Waals surface area contributed by atoms with Gasteiger partial charge in [0.15, 0.2) is 9.84 Å². The van der Waals surface area contributed by atoms with Crippen molar-refractivity contribution in [3.8, 4) is 0 Å². The second-order valence-corrected chi connectivity index (χ2v) is 6.24. The van der Waals surface area contributed by atoms with Crippen LogP contribution in [-0.4, -0.2) is 45.6 Å². The minimum Gasteiger partial charge on any atom is -0.469 e. The molecule has 0 atom stereocenters. The molecule has 0 aliphatic heterocycles. The third-order valence-electron chi connectivity index (χ3n) is 2.03. The van der Waals surface area contributed by atoms with Crippen molar-refractivity contribution in [1.82, 2.24) is 5.32 Å². The molecule has 0 amide bonds. The van der Waals surface area contributed by atoms with E-state index in [1.807, 2.05) is 13.8 Å². The topological polar surface area (TPSA) is 72.5 Å². The smallest absolute Gasteiger partial charge is 0.306 e. The fourth-order valence-corrected chi connectivity index (χ4v) is 2.39. The van der Waals surface area contributed by atoms with E-state index in [1.165, 1.54) is 7.11 Å². The Morgan fingerprint density at radius 1 is 1.31 bits per heavy atom. The van der Waals surface area contributed by atoms with Gasteiger partial charge in [-0.2, -0.15) is 0 Å². The average molecular weight is 251 g/mol. The molecule has 0 aliphatic rings. The highest BCUT2D eigenvalue weighted by Crippen LogP contribution is 1.98. The van der Waals surface area contributed by atoms with Crippen molar-refractivity contribution in [2.45, 2.75) is 32.7 Å². The molecule has 0 aliphatic carbocycles. The van der Waals surface area contributed by atoms with Crippen LogP contribution in [0.2, 0.25) is 0 Å². The van der Waals surface area contributed by atoms with Crippen LogP contribution in [0.4, 0.5) is 0 Å². The van der Waals surface area contributed by atoms with E-state index in [0.29, 0.717) is 19.0 Å². The van der Waals surface area contributed by atoms with Crippen molar-refractivity contribution < 1.29 is 17.9 Å². The lowest BCUT2D eigenvalue weighted by Crippen LogP contribution is -2.26. The Hall–Kier alpha value is -0.620. The summed E-state index contributed by atoms with van der Waals surface area (Å²) in [7, 11) is -1.87. The third kappa shape index (κ3) is 8.67. The molecule has 0 aromatic rings. The quantitative estimate of drug-likeness (QED) is 0.498. The van der Waals surface area contributed by atoms with Gasteiger partial charge < -0.3 is 10.1 Å². The lowest BCUT2D eigenvalue weighted by molar-refractivity contribution is -0.140. The molecular weight excluding hydrogens is 230 g/mol. The Labute approximate surface area is 97.5 Å². The van der Waals surface area contributed by atoms with Gasteiger partial charge in [0, 0.05) is 6.04 Å². The van der Waals surface area contributed by atoms with Gasteiger partial charge in [0.05, 0.1) is 25.0 Å². The maximum absolute atomic E-state index is 11.5. The van der Waals surface area contributed by atoms with Crippen molar-refractivity contribution in [1.29, 1.82) is 0 Å². The zero-order valence-corrected chi connectivity index (χ0v) is 11.0. The predicted molar refractivity (Wildman–Crippen MR) is 63.0 cm³/mol. The lowest BCUT2D eigenvalue weighted by atomic mass is 10.4. The summed E-state index contributed by atoms with van der Waals surface area (Å²) in [4.78, 5) is 10.8. The molecule has 0 saturated carbocycles. The molecule has 0 rings (SSSR count). The summed E-state index contributed by atoms with van der Waals surface area (Å²) in [6, 6.07) is 0.359. The van der Waals surface area contributed by atoms with Gasteiger partial charge in [0.1, 0.15) is 0 Å². The number of ether oxygens (including phenoxy) is 1. The van der Waals surface area contributed by atoms with Crippen molar-refractivity contribution in [3.63, 3.8) is 0 Å². The van der Waals surface area contributed by atoms with Gasteiger partial charge in [-0.3, -0.25) is 4.79 Å². The molecule has 0 saturated heterocycles. The number of sulfone groups is 1. The molecule has 0 heterocycles. The summed E-state index contributed by atoms with van der Waals surface area (Å²) >= 11 is 0. The Kier molecular flexibility index (Phi) is 7.33. The Morgan fingerprint density at radius 2 is 1.94 bits per heavy atom. The van der Waals surface area contributed by atoms with Gasteiger partial charge in [0.25, 0.3) is 0 Å². The molecule has 6 heteroatoms. The lowest BCUT2D eigenvalue weighted by Gasteiger charge is -2.07. The molecule has 1 N–H and O–H groups in total. The van der Waals surface area contributed by atoms with E-state index in [4.69, 9.17) is 0 Å². The first-order valence-corrected chi connectivity index (χ1v) is 7.20. The summed E-state index contributed by atoms with van der Waals surface area (Å²) in [6.07, 6.45) is 0.512. The van der Waals surface area contributed by atoms with Crippen LogP contribution < -0.4 is 5.32 Å². The first kappa shape index (κ1) is 15.4. The predicted octanol–water partition coefficient (Wildman–Crippen LogP) is 0.352. The molecule has 0 aromatic heterocycles. The minimum atomic E-state index is -3.13. The molecule has 16 heavy (non-hydrogen) atoms. The van der Waals surface area contributed by atoms with Crippen LogP contribution in [0, 0.1) is 0 Å². The van der Waals surface area contributed by atoms with Crippen LogP contribution >= 0.6 is 0 Å². The van der Waals surface area contributed by atoms with Crippen molar-refractivity contribution in [3.05, 3.63) is 0 Å². The van der Waals surface area contributed by atoms with E-state index in [9.17, 15) is 13.2 Å². The van der Waals surface area contributed by atoms with Crippen molar-refractivity contribution in [2.75, 3.05) is 25.2 Å². The van der Waals surface area contributed by atoms with Gasteiger partial charge in [-0.25, -0.2) is 8.42 Å². The Balaban J connectivity index is 3.75. The molecule has 96 valence electrons. The van der Waals surface area contributed by atoms with Crippen LogP contribution in [0.25, 0.3) is 0 Å². The minimum absolute atomic E-state index is 0.0591. The molecular formula is C10H21NO4S. The number of nitrogens with one attached hydrogen (secondary N) is 1. The van der Waals surface area contributed by atoms with Crippen molar-refractivity contribution in [2.24, 2.45) is 0 Å². The van der Waals surface area contributed by atoms with Gasteiger partial charge in [-0.05, 0) is 13.0 Å². The summed E-state index contributed by atoms with van der Waals surface area (Å²) in [6.45, 7) is 4.69. The summed E-state index contributed by atoms with van der Waals surface area (Å²) in [5, 5.41) is 3.14. The zero-order chi connectivity index (χ0) is 12.6. The van der Waals surface area contributed by atoms with Crippen molar-refractivity contribution >= 4 is 15.8 Å². The molecule has 0 bridgehead atoms. The van der Waals surface area contributed by atoms with Gasteiger partial charge in [0.2, 0.25) is 0 Å². The van der Waals surface area contributed by atoms with Gasteiger partial charge >= 0.3 is 5.97 Å². The molecule has 0 unspecified atom stereocenters. The average Bonchev–Trinajstić information content (AvgIpc) is 2.21. The number of rotatable bonds is 8. The number of hydrogen-bond donors (Lipinski definition) is 1. The van der Waals surface area contributed by atoms with Crippen LogP contribution in [0.15, 0.2) is 0 Å². The van der Waals surface area contributed by atoms with E-state index in [-0.39, 0.29) is 17.9 Å². The van der Waals surface area contributed by atoms with Crippen LogP contribution in [-0.2, 0) is 19.4 Å². The summed E-state index contributed by atoms with van der Waals surface area (Å²) in [5.41, 5.74) is 0. The maximum atomic E-state index is 11.5. The highest BCUT2D eigenvalue weighted by molar-refractivity contribution is 7.91. The monoisotopic (exact) mass is 251 g/mol.